The van der Waals surface area contributed by atoms with Crippen molar-refractivity contribution in [2.24, 2.45) is 5.92 Å². The number of hydrogen-bond donors (Lipinski definition) is 2. The number of rotatable bonds is 10. The number of aromatic nitrogens is 2. The molecule has 3 aliphatic rings. The van der Waals surface area contributed by atoms with Crippen molar-refractivity contribution in [2.75, 3.05) is 34.7 Å². The number of hydrogen-bond acceptors (Lipinski definition) is 9. The molecule has 2 heterocycles. The van der Waals surface area contributed by atoms with E-state index in [0.29, 0.717) is 42.2 Å². The lowest BCUT2D eigenvalue weighted by atomic mass is 9.68. The predicted octanol–water partition coefficient (Wildman–Crippen LogP) is 4.44. The third kappa shape index (κ3) is 6.38. The van der Waals surface area contributed by atoms with Gasteiger partial charge in [0.05, 0.1) is 12.6 Å². The van der Waals surface area contributed by atoms with Crippen LogP contribution in [0.4, 0.5) is 4.39 Å². The smallest absolute Gasteiger partial charge is 0.253 e. The number of nitriles is 1. The van der Waals surface area contributed by atoms with Crippen LogP contribution in [0.25, 0.3) is 11.5 Å². The molecule has 7 rings (SSSR count). The van der Waals surface area contributed by atoms with E-state index in [0.717, 1.165) is 40.7 Å². The van der Waals surface area contributed by atoms with Gasteiger partial charge < -0.3 is 24.6 Å². The zero-order valence-corrected chi connectivity index (χ0v) is 30.1. The molecule has 11 nitrogen and oxygen atoms in total. The highest BCUT2D eigenvalue weighted by Crippen LogP contribution is 2.49. The maximum absolute atomic E-state index is 13.9. The average Bonchev–Trinajstić information content (AvgIpc) is 3.57. The number of fused-ring (bicyclic) bond motifs is 3. The van der Waals surface area contributed by atoms with Crippen LogP contribution < -0.4 is 5.32 Å². The average molecular weight is 706 g/mol. The number of nitrogens with one attached hydrogen (secondary N) is 1. The van der Waals surface area contributed by atoms with Gasteiger partial charge in [0.25, 0.3) is 5.91 Å². The zero-order chi connectivity index (χ0) is 36.9. The van der Waals surface area contributed by atoms with Gasteiger partial charge in [-0.15, -0.1) is 10.2 Å². The molecule has 0 spiro atoms. The van der Waals surface area contributed by atoms with Crippen LogP contribution in [-0.2, 0) is 23.1 Å². The van der Waals surface area contributed by atoms with Crippen LogP contribution in [0.2, 0.25) is 0 Å². The topological polar surface area (TPSA) is 139 Å². The summed E-state index contributed by atoms with van der Waals surface area (Å²) in [5.74, 6) is 0.366. The summed E-state index contributed by atoms with van der Waals surface area (Å²) < 4.78 is 20.5. The number of likely N-dealkylation sites (tertiary alicyclic amines) is 1. The lowest BCUT2D eigenvalue weighted by molar-refractivity contribution is -0.131. The number of aryl methyl sites for hydroxylation is 2. The molecule has 1 aliphatic heterocycles. The minimum absolute atomic E-state index is 0.0628. The molecule has 1 saturated heterocycles. The minimum atomic E-state index is -1.06. The first-order valence-corrected chi connectivity index (χ1v) is 17.8. The van der Waals surface area contributed by atoms with Gasteiger partial charge in [0.15, 0.2) is 0 Å². The molecule has 2 fully saturated rings. The number of nitrogens with zero attached hydrogens (tertiary/aromatic N) is 6. The number of amides is 2. The Kier molecular flexibility index (Phi) is 9.46. The van der Waals surface area contributed by atoms with Crippen molar-refractivity contribution < 1.29 is 23.5 Å². The molecule has 2 amide bonds. The van der Waals surface area contributed by atoms with Crippen molar-refractivity contribution in [3.8, 4) is 17.5 Å². The minimum Gasteiger partial charge on any atom is -0.419 e. The Hall–Kier alpha value is -4.96. The van der Waals surface area contributed by atoms with Crippen LogP contribution in [0.15, 0.2) is 65.1 Å². The molecular formula is C40H44FN7O4. The van der Waals surface area contributed by atoms with E-state index in [2.05, 4.69) is 21.6 Å². The molecule has 2 aliphatic carbocycles. The number of halogens is 1. The van der Waals surface area contributed by atoms with Gasteiger partial charge in [-0.3, -0.25) is 14.5 Å². The highest BCUT2D eigenvalue weighted by atomic mass is 19.1. The standard InChI is InChI=1S/C40H44FN7O4/c1-23(43-22-35(49)48-31(21-42)18-29-19-34(29)48)20-40(39-45-44-36(52-39)24-8-12-30(41)13-9-24)32-14-10-27(37(50)46(2)3)16-25(32)6-7-26-17-28(11-15-33(26)40)38(51)47(4)5/h8-17,23,29,31,34,37,43,50H,6-7,18-20,22H2,1-5H3/t23-,29+,31?,34-,37?,40?/m0/s1. The summed E-state index contributed by atoms with van der Waals surface area (Å²) in [5.41, 5.74) is 4.51. The molecule has 4 aromatic rings. The van der Waals surface area contributed by atoms with E-state index in [9.17, 15) is 24.3 Å². The molecule has 52 heavy (non-hydrogen) atoms. The molecular weight excluding hydrogens is 661 g/mol. The first-order valence-electron chi connectivity index (χ1n) is 17.8. The first kappa shape index (κ1) is 35.4. The van der Waals surface area contributed by atoms with E-state index >= 15 is 0 Å². The molecule has 3 aromatic carbocycles. The van der Waals surface area contributed by atoms with Gasteiger partial charge >= 0.3 is 0 Å². The van der Waals surface area contributed by atoms with Crippen molar-refractivity contribution in [1.82, 2.24) is 30.2 Å². The summed E-state index contributed by atoms with van der Waals surface area (Å²) in [6, 6.07) is 19.3. The Labute approximate surface area is 303 Å². The highest BCUT2D eigenvalue weighted by Gasteiger charge is 2.54. The number of aliphatic hydroxyl groups is 1. The van der Waals surface area contributed by atoms with Crippen LogP contribution in [0, 0.1) is 23.1 Å². The van der Waals surface area contributed by atoms with Crippen LogP contribution in [0.5, 0.6) is 0 Å². The van der Waals surface area contributed by atoms with Crippen molar-refractivity contribution >= 4 is 11.8 Å². The van der Waals surface area contributed by atoms with Gasteiger partial charge in [-0.1, -0.05) is 24.3 Å². The second-order valence-electron chi connectivity index (χ2n) is 14.9. The maximum atomic E-state index is 13.9. The monoisotopic (exact) mass is 705 g/mol. The van der Waals surface area contributed by atoms with Crippen molar-refractivity contribution in [3.63, 3.8) is 0 Å². The summed E-state index contributed by atoms with van der Waals surface area (Å²) in [4.78, 5) is 31.8. The molecule has 12 heteroatoms. The summed E-state index contributed by atoms with van der Waals surface area (Å²) in [6.07, 6.45) is 2.46. The number of carbonyl (C=O) groups is 2. The Bertz CT molecular complexity index is 2040. The van der Waals surface area contributed by atoms with Gasteiger partial charge in [-0.2, -0.15) is 5.26 Å². The molecule has 1 aromatic heterocycles. The molecule has 2 N–H and O–H groups in total. The molecule has 0 radical (unpaired) electrons. The Balaban J connectivity index is 1.36. The maximum Gasteiger partial charge on any atom is 0.253 e. The summed E-state index contributed by atoms with van der Waals surface area (Å²) in [7, 11) is 7.07. The zero-order valence-electron chi connectivity index (χ0n) is 30.1. The fourth-order valence-corrected chi connectivity index (χ4v) is 8.18. The van der Waals surface area contributed by atoms with Crippen molar-refractivity contribution in [1.29, 1.82) is 5.26 Å². The summed E-state index contributed by atoms with van der Waals surface area (Å²) >= 11 is 0. The summed E-state index contributed by atoms with van der Waals surface area (Å²) in [6.45, 7) is 2.07. The van der Waals surface area contributed by atoms with E-state index in [1.165, 1.54) is 12.1 Å². The molecule has 3 unspecified atom stereocenters. The molecule has 270 valence electrons. The first-order chi connectivity index (χ1) is 24.9. The number of benzene rings is 3. The normalized spacial score (nSPS) is 22.8. The quantitative estimate of drug-likeness (QED) is 0.229. The van der Waals surface area contributed by atoms with Crippen LogP contribution in [0.1, 0.15) is 76.5 Å². The molecule has 0 bridgehead atoms. The van der Waals surface area contributed by atoms with Gasteiger partial charge in [-0.05, 0) is 123 Å². The van der Waals surface area contributed by atoms with Gasteiger partial charge in [0, 0.05) is 37.3 Å². The van der Waals surface area contributed by atoms with E-state index < -0.39 is 17.7 Å². The van der Waals surface area contributed by atoms with E-state index in [-0.39, 0.29) is 42.2 Å². The third-order valence-electron chi connectivity index (χ3n) is 10.9. The van der Waals surface area contributed by atoms with Crippen LogP contribution >= 0.6 is 0 Å². The van der Waals surface area contributed by atoms with E-state index in [4.69, 9.17) is 4.42 Å². The number of piperidine rings is 1. The second-order valence-corrected chi connectivity index (χ2v) is 14.9. The van der Waals surface area contributed by atoms with Crippen molar-refractivity contribution in [2.45, 2.75) is 68.8 Å². The van der Waals surface area contributed by atoms with Gasteiger partial charge in [0.2, 0.25) is 17.7 Å². The second kappa shape index (κ2) is 13.9. The highest BCUT2D eigenvalue weighted by molar-refractivity contribution is 5.94. The van der Waals surface area contributed by atoms with Gasteiger partial charge in [0.1, 0.15) is 23.5 Å². The largest absolute Gasteiger partial charge is 0.419 e. The molecule has 6 atom stereocenters. The van der Waals surface area contributed by atoms with E-state index in [1.54, 1.807) is 40.9 Å². The Morgan fingerprint density at radius 2 is 1.73 bits per heavy atom. The van der Waals surface area contributed by atoms with Crippen LogP contribution in [-0.4, -0.2) is 94.7 Å². The summed E-state index contributed by atoms with van der Waals surface area (Å²) in [5, 5.41) is 33.4. The fraction of sp³-hybridized carbons (Fsp3) is 0.425. The SMILES string of the molecule is C[C@@H](CC1(c2nnc(-c3ccc(F)cc3)o2)c2ccc(C(=O)N(C)C)cc2CCc2cc(C(O)N(C)C)ccc21)NCC(=O)N1C(C#N)C[C@@H]2C[C@@H]21. The lowest BCUT2D eigenvalue weighted by Crippen LogP contribution is -2.46. The number of carbonyl (C=O) groups excluding carboxylic acids is 2. The molecule has 1 saturated carbocycles. The Morgan fingerprint density at radius 1 is 1.04 bits per heavy atom. The fourth-order valence-electron chi connectivity index (χ4n) is 8.18. The van der Waals surface area contributed by atoms with Gasteiger partial charge in [-0.25, -0.2) is 4.39 Å². The third-order valence-corrected chi connectivity index (χ3v) is 10.9. The lowest BCUT2D eigenvalue weighted by Gasteiger charge is -2.36. The number of aliphatic hydroxyl groups excluding tert-OH is 1. The van der Waals surface area contributed by atoms with Crippen molar-refractivity contribution in [3.05, 3.63) is 106 Å². The van der Waals surface area contributed by atoms with Crippen LogP contribution in [0.3, 0.4) is 0 Å². The van der Waals surface area contributed by atoms with E-state index in [1.807, 2.05) is 57.4 Å². The Morgan fingerprint density at radius 3 is 2.40 bits per heavy atom. The predicted molar refractivity (Wildman–Crippen MR) is 191 cm³/mol.